The Morgan fingerprint density at radius 3 is 2.47 bits per heavy atom. The summed E-state index contributed by atoms with van der Waals surface area (Å²) in [7, 11) is 0. The Bertz CT molecular complexity index is 543. The highest BCUT2D eigenvalue weighted by molar-refractivity contribution is 7.17. The number of benzene rings is 1. The van der Waals surface area contributed by atoms with Crippen LogP contribution in [0, 0.1) is 6.92 Å². The van der Waals surface area contributed by atoms with E-state index in [1.54, 1.807) is 6.92 Å². The van der Waals surface area contributed by atoms with E-state index in [4.69, 9.17) is 5.11 Å². The number of aryl methyl sites for hydroxylation is 2. The van der Waals surface area contributed by atoms with Crippen molar-refractivity contribution in [3.8, 4) is 10.6 Å². The van der Waals surface area contributed by atoms with Gasteiger partial charge in [-0.25, -0.2) is 9.78 Å². The first-order valence-electron chi connectivity index (χ1n) is 5.42. The zero-order valence-corrected chi connectivity index (χ0v) is 10.5. The molecule has 0 spiro atoms. The molecule has 0 aliphatic rings. The molecule has 0 fully saturated rings. The molecule has 0 saturated heterocycles. The molecular weight excluding hydrogens is 234 g/mol. The highest BCUT2D eigenvalue weighted by atomic mass is 32.1. The molecule has 2 aromatic rings. The summed E-state index contributed by atoms with van der Waals surface area (Å²) >= 11 is 1.22. The Kier molecular flexibility index (Phi) is 3.24. The van der Waals surface area contributed by atoms with Crippen LogP contribution < -0.4 is 0 Å². The fraction of sp³-hybridized carbons (Fsp3) is 0.231. The van der Waals surface area contributed by atoms with Crippen LogP contribution in [0.4, 0.5) is 0 Å². The van der Waals surface area contributed by atoms with Crippen molar-refractivity contribution >= 4 is 17.3 Å². The molecular formula is C13H13NO2S. The van der Waals surface area contributed by atoms with E-state index < -0.39 is 5.97 Å². The first kappa shape index (κ1) is 11.8. The summed E-state index contributed by atoms with van der Waals surface area (Å²) < 4.78 is 0. The minimum absolute atomic E-state index is 0.319. The van der Waals surface area contributed by atoms with Crippen LogP contribution in [0.3, 0.4) is 0 Å². The van der Waals surface area contributed by atoms with Gasteiger partial charge in [0, 0.05) is 5.56 Å². The van der Waals surface area contributed by atoms with Gasteiger partial charge in [-0.2, -0.15) is 0 Å². The van der Waals surface area contributed by atoms with Gasteiger partial charge in [0.05, 0.1) is 5.69 Å². The number of aromatic carboxylic acids is 1. The van der Waals surface area contributed by atoms with Crippen molar-refractivity contribution in [1.29, 1.82) is 0 Å². The molecule has 0 bridgehead atoms. The molecule has 0 atom stereocenters. The summed E-state index contributed by atoms with van der Waals surface area (Å²) in [6.07, 6.45) is 0.998. The molecule has 2 rings (SSSR count). The van der Waals surface area contributed by atoms with E-state index in [1.807, 2.05) is 24.3 Å². The maximum atomic E-state index is 10.9. The summed E-state index contributed by atoms with van der Waals surface area (Å²) in [5, 5.41) is 9.74. The minimum atomic E-state index is -0.906. The molecule has 4 heteroatoms. The molecule has 0 aliphatic heterocycles. The van der Waals surface area contributed by atoms with E-state index in [-0.39, 0.29) is 0 Å². The molecule has 3 nitrogen and oxygen atoms in total. The molecule has 88 valence electrons. The summed E-state index contributed by atoms with van der Waals surface area (Å²) in [6, 6.07) is 8.07. The summed E-state index contributed by atoms with van der Waals surface area (Å²) in [6.45, 7) is 3.83. The molecule has 0 radical (unpaired) electrons. The average molecular weight is 247 g/mol. The van der Waals surface area contributed by atoms with Gasteiger partial charge in [-0.05, 0) is 18.9 Å². The third-order valence-corrected chi connectivity index (χ3v) is 3.79. The Hall–Kier alpha value is -1.68. The van der Waals surface area contributed by atoms with E-state index in [1.165, 1.54) is 16.9 Å². The number of aromatic nitrogens is 1. The highest BCUT2D eigenvalue weighted by Crippen LogP contribution is 2.28. The number of thiazole rings is 1. The SMILES string of the molecule is CCc1ccc(-c2nc(C)c(C(=O)O)s2)cc1. The molecule has 0 unspecified atom stereocenters. The van der Waals surface area contributed by atoms with Crippen LogP contribution in [-0.2, 0) is 6.42 Å². The number of hydrogen-bond acceptors (Lipinski definition) is 3. The lowest BCUT2D eigenvalue weighted by atomic mass is 10.1. The summed E-state index contributed by atoms with van der Waals surface area (Å²) in [5.74, 6) is -0.906. The lowest BCUT2D eigenvalue weighted by Gasteiger charge is -1.98. The first-order valence-corrected chi connectivity index (χ1v) is 6.23. The summed E-state index contributed by atoms with van der Waals surface area (Å²) in [5.41, 5.74) is 2.82. The number of carbonyl (C=O) groups is 1. The van der Waals surface area contributed by atoms with Crippen molar-refractivity contribution < 1.29 is 9.90 Å². The number of rotatable bonds is 3. The summed E-state index contributed by atoms with van der Waals surface area (Å²) in [4.78, 5) is 15.6. The van der Waals surface area contributed by atoms with Crippen LogP contribution in [0.15, 0.2) is 24.3 Å². The molecule has 1 heterocycles. The van der Waals surface area contributed by atoms with Gasteiger partial charge in [-0.3, -0.25) is 0 Å². The monoisotopic (exact) mass is 247 g/mol. The fourth-order valence-electron chi connectivity index (χ4n) is 1.60. The largest absolute Gasteiger partial charge is 0.477 e. The molecule has 1 N–H and O–H groups in total. The maximum Gasteiger partial charge on any atom is 0.347 e. The normalized spacial score (nSPS) is 10.5. The standard InChI is InChI=1S/C13H13NO2S/c1-3-9-4-6-10(7-5-9)12-14-8(2)11(17-12)13(15)16/h4-7H,3H2,1-2H3,(H,15,16). The van der Waals surface area contributed by atoms with Crippen molar-refractivity contribution in [2.75, 3.05) is 0 Å². The molecule has 0 saturated carbocycles. The van der Waals surface area contributed by atoms with Crippen molar-refractivity contribution in [1.82, 2.24) is 4.98 Å². The Morgan fingerprint density at radius 1 is 1.35 bits per heavy atom. The second-order valence-electron chi connectivity index (χ2n) is 3.79. The van der Waals surface area contributed by atoms with Crippen LogP contribution >= 0.6 is 11.3 Å². The second-order valence-corrected chi connectivity index (χ2v) is 4.79. The Labute approximate surface area is 104 Å². The van der Waals surface area contributed by atoms with Crippen LogP contribution in [0.25, 0.3) is 10.6 Å². The van der Waals surface area contributed by atoms with E-state index in [0.717, 1.165) is 17.0 Å². The van der Waals surface area contributed by atoms with Gasteiger partial charge in [-0.15, -0.1) is 11.3 Å². The van der Waals surface area contributed by atoms with Gasteiger partial charge >= 0.3 is 5.97 Å². The van der Waals surface area contributed by atoms with E-state index >= 15 is 0 Å². The zero-order valence-electron chi connectivity index (χ0n) is 9.73. The highest BCUT2D eigenvalue weighted by Gasteiger charge is 2.14. The molecule has 1 aromatic carbocycles. The van der Waals surface area contributed by atoms with Crippen LogP contribution in [0.5, 0.6) is 0 Å². The van der Waals surface area contributed by atoms with Crippen LogP contribution in [-0.4, -0.2) is 16.1 Å². The zero-order chi connectivity index (χ0) is 12.4. The van der Waals surface area contributed by atoms with Crippen LogP contribution in [0.2, 0.25) is 0 Å². The smallest absolute Gasteiger partial charge is 0.347 e. The fourth-order valence-corrected chi connectivity index (χ4v) is 2.51. The number of carboxylic acid groups (broad SMARTS) is 1. The van der Waals surface area contributed by atoms with Gasteiger partial charge in [0.1, 0.15) is 9.88 Å². The quantitative estimate of drug-likeness (QED) is 0.904. The number of carboxylic acids is 1. The van der Waals surface area contributed by atoms with Crippen molar-refractivity contribution in [2.45, 2.75) is 20.3 Å². The van der Waals surface area contributed by atoms with Gasteiger partial charge in [-0.1, -0.05) is 31.2 Å². The van der Waals surface area contributed by atoms with Crippen molar-refractivity contribution in [2.24, 2.45) is 0 Å². The first-order chi connectivity index (χ1) is 8.11. The van der Waals surface area contributed by atoms with Crippen LogP contribution in [0.1, 0.15) is 27.9 Å². The third kappa shape index (κ3) is 2.36. The average Bonchev–Trinajstić information content (AvgIpc) is 2.71. The van der Waals surface area contributed by atoms with Crippen molar-refractivity contribution in [3.63, 3.8) is 0 Å². The van der Waals surface area contributed by atoms with Gasteiger partial charge in [0.15, 0.2) is 0 Å². The van der Waals surface area contributed by atoms with E-state index in [0.29, 0.717) is 10.6 Å². The Morgan fingerprint density at radius 2 is 2.00 bits per heavy atom. The predicted molar refractivity (Wildman–Crippen MR) is 68.6 cm³/mol. The minimum Gasteiger partial charge on any atom is -0.477 e. The number of hydrogen-bond donors (Lipinski definition) is 1. The third-order valence-electron chi connectivity index (χ3n) is 2.60. The van der Waals surface area contributed by atoms with Gasteiger partial charge in [0.25, 0.3) is 0 Å². The second kappa shape index (κ2) is 4.67. The molecule has 17 heavy (non-hydrogen) atoms. The molecule has 1 aromatic heterocycles. The Balaban J connectivity index is 2.39. The van der Waals surface area contributed by atoms with E-state index in [9.17, 15) is 4.79 Å². The lowest BCUT2D eigenvalue weighted by molar-refractivity contribution is 0.0701. The number of nitrogens with zero attached hydrogens (tertiary/aromatic N) is 1. The van der Waals surface area contributed by atoms with Gasteiger partial charge in [0.2, 0.25) is 0 Å². The molecule has 0 amide bonds. The van der Waals surface area contributed by atoms with E-state index in [2.05, 4.69) is 11.9 Å². The lowest BCUT2D eigenvalue weighted by Crippen LogP contribution is -1.94. The van der Waals surface area contributed by atoms with Crippen molar-refractivity contribution in [3.05, 3.63) is 40.4 Å². The maximum absolute atomic E-state index is 10.9. The topological polar surface area (TPSA) is 50.2 Å². The van der Waals surface area contributed by atoms with Gasteiger partial charge < -0.3 is 5.11 Å². The predicted octanol–water partition coefficient (Wildman–Crippen LogP) is 3.38. The molecule has 0 aliphatic carbocycles.